The van der Waals surface area contributed by atoms with Crippen LogP contribution in [0.2, 0.25) is 0 Å². The lowest BCUT2D eigenvalue weighted by Gasteiger charge is -2.05. The van der Waals surface area contributed by atoms with E-state index in [0.29, 0.717) is 17.0 Å². The van der Waals surface area contributed by atoms with Crippen molar-refractivity contribution in [3.05, 3.63) is 59.4 Å². The summed E-state index contributed by atoms with van der Waals surface area (Å²) in [6.45, 7) is 0. The van der Waals surface area contributed by atoms with Crippen LogP contribution in [-0.2, 0) is 0 Å². The predicted molar refractivity (Wildman–Crippen MR) is 67.2 cm³/mol. The number of halogens is 1. The largest absolute Gasteiger partial charge is 0.497 e. The molecule has 0 fully saturated rings. The van der Waals surface area contributed by atoms with Crippen LogP contribution in [0.5, 0.6) is 5.75 Å². The first-order valence-corrected chi connectivity index (χ1v) is 5.35. The number of carbonyl (C=O) groups excluding carboxylic acids is 1. The van der Waals surface area contributed by atoms with Gasteiger partial charge in [-0.1, -0.05) is 0 Å². The van der Waals surface area contributed by atoms with Gasteiger partial charge in [0.2, 0.25) is 0 Å². The van der Waals surface area contributed by atoms with Crippen LogP contribution in [0.3, 0.4) is 0 Å². The summed E-state index contributed by atoms with van der Waals surface area (Å²) < 4.78 is 18.6. The van der Waals surface area contributed by atoms with Crippen molar-refractivity contribution in [3.63, 3.8) is 0 Å². The Morgan fingerprint density at radius 2 is 1.83 bits per heavy atom. The highest BCUT2D eigenvalue weighted by Gasteiger charge is 2.13. The molecule has 0 bridgehead atoms. The van der Waals surface area contributed by atoms with Crippen LogP contribution >= 0.6 is 0 Å². The zero-order valence-electron chi connectivity index (χ0n) is 9.81. The van der Waals surface area contributed by atoms with E-state index in [9.17, 15) is 9.18 Å². The molecule has 3 nitrogen and oxygen atoms in total. The Hall–Kier alpha value is -2.36. The van der Waals surface area contributed by atoms with Crippen LogP contribution in [0, 0.1) is 5.82 Å². The Balaban J connectivity index is 2.35. The third-order valence-electron chi connectivity index (χ3n) is 2.59. The summed E-state index contributed by atoms with van der Waals surface area (Å²) in [5, 5.41) is 0. The molecule has 4 heteroatoms. The zero-order chi connectivity index (χ0) is 13.1. The standard InChI is InChI=1S/C14H12FNO2/c1-18-11-5-2-9(3-6-11)14(17)12-7-4-10(16)8-13(12)15/h2-8H,16H2,1H3. The highest BCUT2D eigenvalue weighted by Crippen LogP contribution is 2.18. The number of hydrogen-bond acceptors (Lipinski definition) is 3. The molecule has 0 atom stereocenters. The van der Waals surface area contributed by atoms with E-state index in [0.717, 1.165) is 6.07 Å². The summed E-state index contributed by atoms with van der Waals surface area (Å²) in [5.41, 5.74) is 6.14. The Bertz CT molecular complexity index is 579. The maximum atomic E-state index is 13.6. The van der Waals surface area contributed by atoms with Crippen molar-refractivity contribution in [1.82, 2.24) is 0 Å². The van der Waals surface area contributed by atoms with Gasteiger partial charge in [-0.05, 0) is 42.5 Å². The smallest absolute Gasteiger partial charge is 0.195 e. The predicted octanol–water partition coefficient (Wildman–Crippen LogP) is 2.65. The van der Waals surface area contributed by atoms with Crippen molar-refractivity contribution in [1.29, 1.82) is 0 Å². The number of anilines is 1. The van der Waals surface area contributed by atoms with Gasteiger partial charge in [-0.3, -0.25) is 4.79 Å². The molecule has 0 aliphatic carbocycles. The molecular weight excluding hydrogens is 233 g/mol. The fourth-order valence-corrected chi connectivity index (χ4v) is 1.61. The third-order valence-corrected chi connectivity index (χ3v) is 2.59. The van der Waals surface area contributed by atoms with E-state index in [1.807, 2.05) is 0 Å². The number of ketones is 1. The molecule has 0 saturated carbocycles. The second-order valence-electron chi connectivity index (χ2n) is 3.80. The Morgan fingerprint density at radius 3 is 2.39 bits per heavy atom. The maximum absolute atomic E-state index is 13.6. The molecule has 0 aliphatic heterocycles. The van der Waals surface area contributed by atoms with Crippen molar-refractivity contribution in [3.8, 4) is 5.75 Å². The maximum Gasteiger partial charge on any atom is 0.195 e. The first-order valence-electron chi connectivity index (χ1n) is 5.35. The number of rotatable bonds is 3. The topological polar surface area (TPSA) is 52.3 Å². The molecule has 2 aromatic rings. The van der Waals surface area contributed by atoms with Crippen LogP contribution in [0.1, 0.15) is 15.9 Å². The number of nitrogen functional groups attached to an aromatic ring is 1. The van der Waals surface area contributed by atoms with Gasteiger partial charge in [0.05, 0.1) is 12.7 Å². The summed E-state index contributed by atoms with van der Waals surface area (Å²) in [6.07, 6.45) is 0. The third kappa shape index (κ3) is 2.32. The van der Waals surface area contributed by atoms with E-state index in [2.05, 4.69) is 0 Å². The number of hydrogen-bond donors (Lipinski definition) is 1. The van der Waals surface area contributed by atoms with Crippen LogP contribution < -0.4 is 10.5 Å². The summed E-state index contributed by atoms with van der Waals surface area (Å²) in [7, 11) is 1.54. The van der Waals surface area contributed by atoms with Crippen LogP contribution in [0.25, 0.3) is 0 Å². The minimum Gasteiger partial charge on any atom is -0.497 e. The van der Waals surface area contributed by atoms with Crippen LogP contribution in [0.15, 0.2) is 42.5 Å². The van der Waals surface area contributed by atoms with E-state index in [4.69, 9.17) is 10.5 Å². The summed E-state index contributed by atoms with van der Waals surface area (Å²) in [4.78, 5) is 12.1. The van der Waals surface area contributed by atoms with Crippen LogP contribution in [-0.4, -0.2) is 12.9 Å². The Morgan fingerprint density at radius 1 is 1.17 bits per heavy atom. The molecule has 0 heterocycles. The molecule has 18 heavy (non-hydrogen) atoms. The second-order valence-corrected chi connectivity index (χ2v) is 3.80. The normalized spacial score (nSPS) is 10.1. The lowest BCUT2D eigenvalue weighted by Crippen LogP contribution is -2.04. The summed E-state index contributed by atoms with van der Waals surface area (Å²) >= 11 is 0. The van der Waals surface area contributed by atoms with E-state index in [1.165, 1.54) is 19.2 Å². The Labute approximate surface area is 104 Å². The molecule has 2 rings (SSSR count). The van der Waals surface area contributed by atoms with Gasteiger partial charge in [0.1, 0.15) is 11.6 Å². The lowest BCUT2D eigenvalue weighted by atomic mass is 10.0. The van der Waals surface area contributed by atoms with Gasteiger partial charge >= 0.3 is 0 Å². The summed E-state index contributed by atoms with van der Waals surface area (Å²) in [6, 6.07) is 10.5. The number of benzene rings is 2. The van der Waals surface area contributed by atoms with E-state index in [1.54, 1.807) is 24.3 Å². The number of ether oxygens (including phenoxy) is 1. The first-order chi connectivity index (χ1) is 8.61. The van der Waals surface area contributed by atoms with E-state index < -0.39 is 5.82 Å². The first kappa shape index (κ1) is 12.1. The van der Waals surface area contributed by atoms with Crippen molar-refractivity contribution >= 4 is 11.5 Å². The second kappa shape index (κ2) is 4.87. The lowest BCUT2D eigenvalue weighted by molar-refractivity contribution is 0.103. The Kier molecular flexibility index (Phi) is 3.28. The molecule has 2 aromatic carbocycles. The molecule has 0 unspecified atom stereocenters. The van der Waals surface area contributed by atoms with Crippen molar-refractivity contribution in [2.45, 2.75) is 0 Å². The van der Waals surface area contributed by atoms with Crippen molar-refractivity contribution in [2.24, 2.45) is 0 Å². The average molecular weight is 245 g/mol. The molecule has 2 N–H and O–H groups in total. The van der Waals surface area contributed by atoms with Gasteiger partial charge in [0, 0.05) is 11.3 Å². The van der Waals surface area contributed by atoms with Gasteiger partial charge in [0.15, 0.2) is 5.78 Å². The van der Waals surface area contributed by atoms with Gasteiger partial charge in [-0.2, -0.15) is 0 Å². The summed E-state index contributed by atoms with van der Waals surface area (Å²) in [5.74, 6) is -0.352. The van der Waals surface area contributed by atoms with Crippen molar-refractivity contribution < 1.29 is 13.9 Å². The van der Waals surface area contributed by atoms with Gasteiger partial charge in [-0.15, -0.1) is 0 Å². The van der Waals surface area contributed by atoms with Gasteiger partial charge in [-0.25, -0.2) is 4.39 Å². The average Bonchev–Trinajstić information content (AvgIpc) is 2.38. The number of methoxy groups -OCH3 is 1. The molecule has 0 aromatic heterocycles. The quantitative estimate of drug-likeness (QED) is 0.668. The van der Waals surface area contributed by atoms with Crippen LogP contribution in [0.4, 0.5) is 10.1 Å². The van der Waals surface area contributed by atoms with Crippen molar-refractivity contribution in [2.75, 3.05) is 12.8 Å². The fourth-order valence-electron chi connectivity index (χ4n) is 1.61. The molecule has 0 spiro atoms. The van der Waals surface area contributed by atoms with Gasteiger partial charge < -0.3 is 10.5 Å². The SMILES string of the molecule is COc1ccc(C(=O)c2ccc(N)cc2F)cc1. The highest BCUT2D eigenvalue weighted by molar-refractivity contribution is 6.09. The number of carbonyl (C=O) groups is 1. The highest BCUT2D eigenvalue weighted by atomic mass is 19.1. The molecular formula is C14H12FNO2. The molecule has 0 radical (unpaired) electrons. The van der Waals surface area contributed by atoms with Gasteiger partial charge in [0.25, 0.3) is 0 Å². The molecule has 0 amide bonds. The fraction of sp³-hybridized carbons (Fsp3) is 0.0714. The van der Waals surface area contributed by atoms with E-state index >= 15 is 0 Å². The zero-order valence-corrected chi connectivity index (χ0v) is 9.81. The number of nitrogens with two attached hydrogens (primary N) is 1. The van der Waals surface area contributed by atoms with E-state index in [-0.39, 0.29) is 11.3 Å². The monoisotopic (exact) mass is 245 g/mol. The molecule has 0 saturated heterocycles. The molecule has 0 aliphatic rings. The molecule has 92 valence electrons. The minimum atomic E-state index is -0.615. The minimum absolute atomic E-state index is 0.00867.